The van der Waals surface area contributed by atoms with Gasteiger partial charge >= 0.3 is 0 Å². The van der Waals surface area contributed by atoms with Crippen LogP contribution in [0.25, 0.3) is 0 Å². The molecule has 0 radical (unpaired) electrons. The first-order chi connectivity index (χ1) is 13.2. The molecule has 0 heterocycles. The largest absolute Gasteiger partial charge is 0.504 e. The monoisotopic (exact) mass is 394 g/mol. The fraction of sp³-hybridized carbons (Fsp3) is 0.727. The third-order valence-corrected chi connectivity index (χ3v) is 6.62. The molecule has 3 rings (SSSR count). The van der Waals surface area contributed by atoms with Crippen LogP contribution in [-0.2, 0) is 4.74 Å². The average Bonchev–Trinajstić information content (AvgIpc) is 2.62. The van der Waals surface area contributed by atoms with Crippen LogP contribution in [0.5, 0.6) is 11.5 Å². The number of hydrogen-bond acceptors (Lipinski definition) is 6. The van der Waals surface area contributed by atoms with Crippen LogP contribution in [0.2, 0.25) is 0 Å². The summed E-state index contributed by atoms with van der Waals surface area (Å²) in [6.45, 7) is 10.5. The van der Waals surface area contributed by atoms with Gasteiger partial charge in [0.05, 0.1) is 0 Å². The number of rotatable bonds is 6. The second kappa shape index (κ2) is 8.19. The molecule has 0 saturated heterocycles. The minimum absolute atomic E-state index is 0.0964. The molecule has 6 atom stereocenters. The zero-order valence-electron chi connectivity index (χ0n) is 17.5. The second-order valence-electron chi connectivity index (χ2n) is 8.59. The molecular weight excluding hydrogens is 360 g/mol. The molecule has 0 spiro atoms. The van der Waals surface area contributed by atoms with Crippen molar-refractivity contribution in [1.82, 2.24) is 0 Å². The maximum atomic E-state index is 11.2. The smallest absolute Gasteiger partial charge is 0.231 e. The van der Waals surface area contributed by atoms with E-state index in [2.05, 4.69) is 20.8 Å². The van der Waals surface area contributed by atoms with Crippen LogP contribution in [0.4, 0.5) is 0 Å². The van der Waals surface area contributed by atoms with Crippen molar-refractivity contribution in [2.45, 2.75) is 90.3 Å². The normalized spacial score (nSPS) is 28.8. The molecule has 0 aromatic heterocycles. The standard InChI is InChI=1S/C22H34O6/c1-6-27-22(19(24)21(25)26)28-20-13(5)15-12(4)9-11(3)14-8-7-10(2)16(17(14)15)18(20)23/h10-12,14,19,21-26H,6-9H2,1-5H3/t10-,11-,12?,14?,19?,22?/m0/s1. The Kier molecular flexibility index (Phi) is 6.25. The van der Waals surface area contributed by atoms with Crippen LogP contribution < -0.4 is 4.74 Å². The topological polar surface area (TPSA) is 99.4 Å². The van der Waals surface area contributed by atoms with Crippen LogP contribution in [-0.4, -0.2) is 45.7 Å². The molecule has 1 aromatic rings. The first-order valence-corrected chi connectivity index (χ1v) is 10.4. The number of aliphatic hydroxyl groups is 3. The fourth-order valence-corrected chi connectivity index (χ4v) is 5.32. The molecule has 0 aliphatic heterocycles. The highest BCUT2D eigenvalue weighted by Crippen LogP contribution is 2.57. The SMILES string of the molecule is CCOC(Oc1c(C)c2c3c(c1O)[C@@H](C)CCC3[C@@H](C)CC2C)C(O)C(O)O. The van der Waals surface area contributed by atoms with Gasteiger partial charge in [0, 0.05) is 12.2 Å². The fourth-order valence-electron chi connectivity index (χ4n) is 5.32. The number of benzene rings is 1. The predicted octanol–water partition coefficient (Wildman–Crippen LogP) is 3.24. The van der Waals surface area contributed by atoms with Crippen molar-refractivity contribution in [3.05, 3.63) is 22.3 Å². The zero-order valence-corrected chi connectivity index (χ0v) is 17.5. The summed E-state index contributed by atoms with van der Waals surface area (Å²) >= 11 is 0. The molecule has 6 heteroatoms. The summed E-state index contributed by atoms with van der Waals surface area (Å²) in [4.78, 5) is 0. The zero-order chi connectivity index (χ0) is 20.7. The molecule has 2 aliphatic carbocycles. The summed E-state index contributed by atoms with van der Waals surface area (Å²) in [6, 6.07) is 0. The summed E-state index contributed by atoms with van der Waals surface area (Å²) in [5.41, 5.74) is 4.30. The van der Waals surface area contributed by atoms with Crippen molar-refractivity contribution in [2.75, 3.05) is 6.61 Å². The number of phenols is 1. The van der Waals surface area contributed by atoms with Crippen LogP contribution in [0.1, 0.15) is 87.0 Å². The Morgan fingerprint density at radius 1 is 1.00 bits per heavy atom. The van der Waals surface area contributed by atoms with E-state index in [4.69, 9.17) is 9.47 Å². The summed E-state index contributed by atoms with van der Waals surface area (Å²) < 4.78 is 11.3. The van der Waals surface area contributed by atoms with Crippen molar-refractivity contribution in [2.24, 2.45) is 5.92 Å². The first kappa shape index (κ1) is 21.4. The maximum Gasteiger partial charge on any atom is 0.231 e. The van der Waals surface area contributed by atoms with Crippen LogP contribution in [0.15, 0.2) is 0 Å². The Balaban J connectivity index is 2.14. The lowest BCUT2D eigenvalue weighted by atomic mass is 9.62. The maximum absolute atomic E-state index is 11.2. The molecule has 1 aromatic carbocycles. The van der Waals surface area contributed by atoms with Crippen molar-refractivity contribution >= 4 is 0 Å². The Labute approximate surface area is 167 Å². The van der Waals surface area contributed by atoms with E-state index >= 15 is 0 Å². The molecule has 6 nitrogen and oxygen atoms in total. The van der Waals surface area contributed by atoms with Gasteiger partial charge in [-0.1, -0.05) is 20.8 Å². The van der Waals surface area contributed by atoms with E-state index in [9.17, 15) is 20.4 Å². The van der Waals surface area contributed by atoms with E-state index < -0.39 is 18.7 Å². The van der Waals surface area contributed by atoms with Gasteiger partial charge in [0.25, 0.3) is 0 Å². The van der Waals surface area contributed by atoms with Crippen molar-refractivity contribution in [1.29, 1.82) is 0 Å². The average molecular weight is 395 g/mol. The summed E-state index contributed by atoms with van der Waals surface area (Å²) in [7, 11) is 0. The number of aromatic hydroxyl groups is 1. The minimum Gasteiger partial charge on any atom is -0.504 e. The number of ether oxygens (including phenoxy) is 2. The molecule has 4 N–H and O–H groups in total. The molecule has 0 amide bonds. The lowest BCUT2D eigenvalue weighted by Crippen LogP contribution is -2.43. The number of hydrogen-bond donors (Lipinski definition) is 4. The molecule has 28 heavy (non-hydrogen) atoms. The Morgan fingerprint density at radius 2 is 1.68 bits per heavy atom. The lowest BCUT2D eigenvalue weighted by molar-refractivity contribution is -0.218. The van der Waals surface area contributed by atoms with Gasteiger partial charge in [0.1, 0.15) is 0 Å². The third-order valence-electron chi connectivity index (χ3n) is 6.62. The molecule has 2 aliphatic rings. The molecular formula is C22H34O6. The van der Waals surface area contributed by atoms with Gasteiger partial charge in [-0.05, 0) is 73.5 Å². The Hall–Kier alpha value is -1.34. The first-order valence-electron chi connectivity index (χ1n) is 10.4. The van der Waals surface area contributed by atoms with Crippen molar-refractivity contribution in [3.63, 3.8) is 0 Å². The van der Waals surface area contributed by atoms with E-state index in [1.165, 1.54) is 11.1 Å². The Bertz CT molecular complexity index is 692. The van der Waals surface area contributed by atoms with Crippen LogP contribution >= 0.6 is 0 Å². The lowest BCUT2D eigenvalue weighted by Gasteiger charge is -2.43. The van der Waals surface area contributed by atoms with E-state index in [0.29, 0.717) is 17.8 Å². The van der Waals surface area contributed by atoms with Gasteiger partial charge in [-0.25, -0.2) is 0 Å². The van der Waals surface area contributed by atoms with Crippen molar-refractivity contribution < 1.29 is 29.9 Å². The van der Waals surface area contributed by atoms with Gasteiger partial charge in [-0.3, -0.25) is 0 Å². The van der Waals surface area contributed by atoms with E-state index in [-0.39, 0.29) is 24.0 Å². The van der Waals surface area contributed by atoms with Gasteiger partial charge in [-0.2, -0.15) is 0 Å². The quantitative estimate of drug-likeness (QED) is 0.553. The molecule has 0 bridgehead atoms. The number of aliphatic hydroxyl groups excluding tert-OH is 2. The second-order valence-corrected chi connectivity index (χ2v) is 8.59. The Morgan fingerprint density at radius 3 is 2.29 bits per heavy atom. The van der Waals surface area contributed by atoms with E-state index in [1.54, 1.807) is 6.92 Å². The highest BCUT2D eigenvalue weighted by molar-refractivity contribution is 5.63. The van der Waals surface area contributed by atoms with Gasteiger partial charge in [0.2, 0.25) is 6.29 Å². The summed E-state index contributed by atoms with van der Waals surface area (Å²) in [5.74, 6) is 1.95. The molecule has 4 unspecified atom stereocenters. The van der Waals surface area contributed by atoms with E-state index in [1.807, 2.05) is 6.92 Å². The van der Waals surface area contributed by atoms with Gasteiger partial charge in [0.15, 0.2) is 23.9 Å². The third kappa shape index (κ3) is 3.52. The molecule has 0 fully saturated rings. The predicted molar refractivity (Wildman–Crippen MR) is 106 cm³/mol. The summed E-state index contributed by atoms with van der Waals surface area (Å²) in [6.07, 6.45) is -1.70. The van der Waals surface area contributed by atoms with Crippen molar-refractivity contribution in [3.8, 4) is 11.5 Å². The molecule has 158 valence electrons. The van der Waals surface area contributed by atoms with Crippen LogP contribution in [0, 0.1) is 12.8 Å². The van der Waals surface area contributed by atoms with Gasteiger partial charge < -0.3 is 29.9 Å². The van der Waals surface area contributed by atoms with E-state index in [0.717, 1.165) is 30.4 Å². The summed E-state index contributed by atoms with van der Waals surface area (Å²) in [5, 5.41) is 40.0. The highest BCUT2D eigenvalue weighted by Gasteiger charge is 2.41. The number of phenolic OH excluding ortho intramolecular Hbond substituents is 1. The minimum atomic E-state index is -2.00. The highest BCUT2D eigenvalue weighted by atomic mass is 16.7. The molecule has 0 saturated carbocycles. The van der Waals surface area contributed by atoms with Crippen LogP contribution in [0.3, 0.4) is 0 Å². The van der Waals surface area contributed by atoms with Gasteiger partial charge in [-0.15, -0.1) is 0 Å².